The molecule has 1 aliphatic rings. The first-order chi connectivity index (χ1) is 11.7. The van der Waals surface area contributed by atoms with Gasteiger partial charge in [0.2, 0.25) is 0 Å². The Bertz CT molecular complexity index is 651. The highest BCUT2D eigenvalue weighted by atomic mass is 16.5. The molecule has 4 nitrogen and oxygen atoms in total. The molecule has 1 saturated heterocycles. The fraction of sp³-hybridized carbons (Fsp3) is 0.500. The van der Waals surface area contributed by atoms with E-state index < -0.39 is 0 Å². The molecule has 0 aromatic heterocycles. The van der Waals surface area contributed by atoms with Crippen LogP contribution < -0.4 is 10.1 Å². The molecule has 0 amide bonds. The minimum Gasteiger partial charge on any atom is -0.491 e. The van der Waals surface area contributed by atoms with Crippen molar-refractivity contribution in [2.45, 2.75) is 26.5 Å². The van der Waals surface area contributed by atoms with Gasteiger partial charge in [0.15, 0.2) is 0 Å². The van der Waals surface area contributed by atoms with Crippen LogP contribution in [0.3, 0.4) is 0 Å². The van der Waals surface area contributed by atoms with Gasteiger partial charge in [0.05, 0.1) is 19.3 Å². The Morgan fingerprint density at radius 3 is 2.71 bits per heavy atom. The van der Waals surface area contributed by atoms with Crippen LogP contribution in [0.15, 0.2) is 36.4 Å². The number of benzene rings is 2. The number of hydrogen-bond donors (Lipinski definition) is 1. The van der Waals surface area contributed by atoms with Crippen LogP contribution in [-0.2, 0) is 11.3 Å². The van der Waals surface area contributed by atoms with Crippen LogP contribution in [0.2, 0.25) is 0 Å². The number of hydrogen-bond acceptors (Lipinski definition) is 4. The molecule has 2 aromatic carbocycles. The molecular weight excluding hydrogens is 300 g/mol. The van der Waals surface area contributed by atoms with Crippen LogP contribution in [0.1, 0.15) is 19.4 Å². The third kappa shape index (κ3) is 4.47. The second-order valence-electron chi connectivity index (χ2n) is 6.56. The summed E-state index contributed by atoms with van der Waals surface area (Å²) in [4.78, 5) is 2.45. The van der Waals surface area contributed by atoms with E-state index in [4.69, 9.17) is 9.47 Å². The predicted octanol–water partition coefficient (Wildman–Crippen LogP) is 3.05. The standard InChI is InChI=1S/C20H28N2O2/c1-16(2)24-20-8-7-17-5-3-4-6-18(17)19(20)15-21-9-10-22-11-13-23-14-12-22/h3-8,16,21H,9-15H2,1-2H3. The number of fused-ring (bicyclic) bond motifs is 1. The molecule has 4 heteroatoms. The smallest absolute Gasteiger partial charge is 0.124 e. The van der Waals surface area contributed by atoms with Gasteiger partial charge in [-0.25, -0.2) is 0 Å². The van der Waals surface area contributed by atoms with Crippen molar-refractivity contribution in [2.75, 3.05) is 39.4 Å². The lowest BCUT2D eigenvalue weighted by molar-refractivity contribution is 0.0384. The highest BCUT2D eigenvalue weighted by Gasteiger charge is 2.12. The molecule has 3 rings (SSSR count). The Morgan fingerprint density at radius 1 is 1.12 bits per heavy atom. The molecule has 0 saturated carbocycles. The topological polar surface area (TPSA) is 33.7 Å². The van der Waals surface area contributed by atoms with Crippen LogP contribution in [0.25, 0.3) is 10.8 Å². The van der Waals surface area contributed by atoms with E-state index in [0.29, 0.717) is 0 Å². The summed E-state index contributed by atoms with van der Waals surface area (Å²) in [5.41, 5.74) is 1.25. The van der Waals surface area contributed by atoms with Gasteiger partial charge >= 0.3 is 0 Å². The van der Waals surface area contributed by atoms with E-state index in [2.05, 4.69) is 60.5 Å². The molecule has 1 heterocycles. The third-order valence-corrected chi connectivity index (χ3v) is 4.37. The maximum absolute atomic E-state index is 6.03. The molecule has 1 N–H and O–H groups in total. The molecule has 1 aliphatic heterocycles. The quantitative estimate of drug-likeness (QED) is 0.792. The number of rotatable bonds is 7. The monoisotopic (exact) mass is 328 g/mol. The van der Waals surface area contributed by atoms with Gasteiger partial charge in [-0.15, -0.1) is 0 Å². The van der Waals surface area contributed by atoms with Crippen molar-refractivity contribution in [3.8, 4) is 5.75 Å². The first-order valence-electron chi connectivity index (χ1n) is 8.92. The summed E-state index contributed by atoms with van der Waals surface area (Å²) in [7, 11) is 0. The van der Waals surface area contributed by atoms with E-state index in [1.807, 2.05) is 0 Å². The normalized spacial score (nSPS) is 16.0. The van der Waals surface area contributed by atoms with Crippen LogP contribution >= 0.6 is 0 Å². The molecule has 24 heavy (non-hydrogen) atoms. The Kier molecular flexibility index (Phi) is 6.07. The molecule has 0 aliphatic carbocycles. The summed E-state index contributed by atoms with van der Waals surface area (Å²) < 4.78 is 11.4. The van der Waals surface area contributed by atoms with E-state index in [0.717, 1.165) is 51.7 Å². The maximum atomic E-state index is 6.03. The van der Waals surface area contributed by atoms with Gasteiger partial charge in [0.25, 0.3) is 0 Å². The van der Waals surface area contributed by atoms with Gasteiger partial charge in [-0.1, -0.05) is 30.3 Å². The van der Waals surface area contributed by atoms with Crippen molar-refractivity contribution in [1.29, 1.82) is 0 Å². The Hall–Kier alpha value is -1.62. The number of ether oxygens (including phenoxy) is 2. The van der Waals surface area contributed by atoms with E-state index in [1.54, 1.807) is 0 Å². The lowest BCUT2D eigenvalue weighted by Crippen LogP contribution is -2.40. The van der Waals surface area contributed by atoms with E-state index in [1.165, 1.54) is 16.3 Å². The molecule has 1 fully saturated rings. The molecule has 0 unspecified atom stereocenters. The zero-order chi connectivity index (χ0) is 16.8. The molecule has 0 spiro atoms. The minimum atomic E-state index is 0.179. The highest BCUT2D eigenvalue weighted by Crippen LogP contribution is 2.28. The summed E-state index contributed by atoms with van der Waals surface area (Å²) in [6.07, 6.45) is 0.179. The highest BCUT2D eigenvalue weighted by molar-refractivity contribution is 5.87. The summed E-state index contributed by atoms with van der Waals surface area (Å²) in [6, 6.07) is 12.8. The number of nitrogens with zero attached hydrogens (tertiary/aromatic N) is 1. The largest absolute Gasteiger partial charge is 0.491 e. The minimum absolute atomic E-state index is 0.179. The fourth-order valence-corrected chi connectivity index (χ4v) is 3.14. The lowest BCUT2D eigenvalue weighted by atomic mass is 10.0. The summed E-state index contributed by atoms with van der Waals surface area (Å²) >= 11 is 0. The van der Waals surface area contributed by atoms with E-state index in [9.17, 15) is 0 Å². The molecule has 130 valence electrons. The van der Waals surface area contributed by atoms with Gasteiger partial charge in [-0.05, 0) is 30.7 Å². The van der Waals surface area contributed by atoms with E-state index >= 15 is 0 Å². The summed E-state index contributed by atoms with van der Waals surface area (Å²) in [5.74, 6) is 0.988. The number of morpholine rings is 1. The zero-order valence-electron chi connectivity index (χ0n) is 14.8. The van der Waals surface area contributed by atoms with Crippen LogP contribution in [0, 0.1) is 0 Å². The van der Waals surface area contributed by atoms with Crippen LogP contribution in [0.4, 0.5) is 0 Å². The lowest BCUT2D eigenvalue weighted by Gasteiger charge is -2.26. The van der Waals surface area contributed by atoms with Crippen LogP contribution in [0.5, 0.6) is 5.75 Å². The Labute approximate surface area is 144 Å². The van der Waals surface area contributed by atoms with Crippen molar-refractivity contribution in [3.63, 3.8) is 0 Å². The number of nitrogens with one attached hydrogen (secondary N) is 1. The fourth-order valence-electron chi connectivity index (χ4n) is 3.14. The first kappa shape index (κ1) is 17.2. The third-order valence-electron chi connectivity index (χ3n) is 4.37. The van der Waals surface area contributed by atoms with Gasteiger partial charge < -0.3 is 14.8 Å². The molecule has 0 bridgehead atoms. The maximum Gasteiger partial charge on any atom is 0.124 e. The van der Waals surface area contributed by atoms with Gasteiger partial charge in [0, 0.05) is 38.3 Å². The Balaban J connectivity index is 1.66. The van der Waals surface area contributed by atoms with Gasteiger partial charge in [0.1, 0.15) is 5.75 Å². The molecule has 0 atom stereocenters. The average molecular weight is 328 g/mol. The first-order valence-corrected chi connectivity index (χ1v) is 8.92. The zero-order valence-corrected chi connectivity index (χ0v) is 14.8. The second kappa shape index (κ2) is 8.47. The predicted molar refractivity (Wildman–Crippen MR) is 98.7 cm³/mol. The molecule has 2 aromatic rings. The van der Waals surface area contributed by atoms with Crippen LogP contribution in [-0.4, -0.2) is 50.4 Å². The summed E-state index contributed by atoms with van der Waals surface area (Å²) in [5, 5.41) is 6.13. The Morgan fingerprint density at radius 2 is 1.92 bits per heavy atom. The summed E-state index contributed by atoms with van der Waals surface area (Å²) in [6.45, 7) is 10.8. The van der Waals surface area contributed by atoms with Crippen molar-refractivity contribution in [2.24, 2.45) is 0 Å². The van der Waals surface area contributed by atoms with Gasteiger partial charge in [-0.2, -0.15) is 0 Å². The van der Waals surface area contributed by atoms with Crippen molar-refractivity contribution < 1.29 is 9.47 Å². The van der Waals surface area contributed by atoms with Crippen molar-refractivity contribution >= 4 is 10.8 Å². The van der Waals surface area contributed by atoms with Gasteiger partial charge in [-0.3, -0.25) is 4.90 Å². The SMILES string of the molecule is CC(C)Oc1ccc2ccccc2c1CNCCN1CCOCC1. The van der Waals surface area contributed by atoms with Crippen molar-refractivity contribution in [1.82, 2.24) is 10.2 Å². The molecular formula is C20H28N2O2. The molecule has 0 radical (unpaired) electrons. The van der Waals surface area contributed by atoms with E-state index in [-0.39, 0.29) is 6.10 Å². The second-order valence-corrected chi connectivity index (χ2v) is 6.56. The van der Waals surface area contributed by atoms with Crippen molar-refractivity contribution in [3.05, 3.63) is 42.0 Å². The average Bonchev–Trinajstić information content (AvgIpc) is 2.60.